The largest absolute Gasteiger partial charge is 0.431 e. The Labute approximate surface area is 172 Å². The van der Waals surface area contributed by atoms with Crippen LogP contribution < -0.4 is 11.2 Å². The van der Waals surface area contributed by atoms with Gasteiger partial charge in [0.15, 0.2) is 0 Å². The van der Waals surface area contributed by atoms with Gasteiger partial charge in [0.25, 0.3) is 5.56 Å². The number of rotatable bonds is 6. The zero-order chi connectivity index (χ0) is 22.1. The SMILES string of the molecule is CC(C)CC(C=O)Sc1cc(-n2c(=O)cc(C(F)(F)F)n(C)c2=O)c(F)cc1Cl. The Balaban J connectivity index is 2.65. The highest BCUT2D eigenvalue weighted by Gasteiger charge is 2.35. The number of alkyl halides is 3. The first-order chi connectivity index (χ1) is 13.4. The summed E-state index contributed by atoms with van der Waals surface area (Å²) in [6.07, 6.45) is -3.73. The van der Waals surface area contributed by atoms with Gasteiger partial charge in [-0.05, 0) is 24.5 Å². The summed E-state index contributed by atoms with van der Waals surface area (Å²) in [5.41, 5.74) is -4.71. The molecule has 1 unspecified atom stereocenters. The summed E-state index contributed by atoms with van der Waals surface area (Å²) in [7, 11) is 0.829. The zero-order valence-electron chi connectivity index (χ0n) is 15.6. The van der Waals surface area contributed by atoms with Crippen molar-refractivity contribution in [1.82, 2.24) is 9.13 Å². The number of thioether (sulfide) groups is 1. The average Bonchev–Trinajstić information content (AvgIpc) is 2.59. The van der Waals surface area contributed by atoms with E-state index in [2.05, 4.69) is 0 Å². The second kappa shape index (κ2) is 8.74. The average molecular weight is 453 g/mol. The van der Waals surface area contributed by atoms with Crippen LogP contribution >= 0.6 is 23.4 Å². The van der Waals surface area contributed by atoms with E-state index >= 15 is 0 Å². The molecule has 0 amide bonds. The van der Waals surface area contributed by atoms with Crippen molar-refractivity contribution in [2.45, 2.75) is 36.6 Å². The first kappa shape index (κ1) is 23.2. The molecule has 1 atom stereocenters. The van der Waals surface area contributed by atoms with Crippen LogP contribution in [0.1, 0.15) is 26.0 Å². The first-order valence-electron chi connectivity index (χ1n) is 8.38. The highest BCUT2D eigenvalue weighted by molar-refractivity contribution is 8.00. The van der Waals surface area contributed by atoms with Crippen LogP contribution in [0.15, 0.2) is 32.7 Å². The molecule has 0 N–H and O–H groups in total. The van der Waals surface area contributed by atoms with Gasteiger partial charge >= 0.3 is 11.9 Å². The minimum absolute atomic E-state index is 0.0522. The molecule has 5 nitrogen and oxygen atoms in total. The Bertz CT molecular complexity index is 1050. The molecule has 11 heteroatoms. The van der Waals surface area contributed by atoms with Crippen molar-refractivity contribution in [3.05, 3.63) is 55.6 Å². The van der Waals surface area contributed by atoms with Gasteiger partial charge in [0.1, 0.15) is 17.8 Å². The summed E-state index contributed by atoms with van der Waals surface area (Å²) in [5, 5.41) is -0.568. The highest BCUT2D eigenvalue weighted by Crippen LogP contribution is 2.35. The van der Waals surface area contributed by atoms with Crippen LogP contribution in [0.4, 0.5) is 17.6 Å². The van der Waals surface area contributed by atoms with E-state index in [1.165, 1.54) is 0 Å². The van der Waals surface area contributed by atoms with Gasteiger partial charge < -0.3 is 4.79 Å². The molecule has 2 rings (SSSR count). The monoisotopic (exact) mass is 452 g/mol. The summed E-state index contributed by atoms with van der Waals surface area (Å²) in [4.78, 5) is 36.1. The third-order valence-electron chi connectivity index (χ3n) is 3.99. The van der Waals surface area contributed by atoms with Crippen molar-refractivity contribution in [1.29, 1.82) is 0 Å². The molecule has 0 aliphatic heterocycles. The third-order valence-corrected chi connectivity index (χ3v) is 5.61. The number of benzene rings is 1. The topological polar surface area (TPSA) is 61.1 Å². The van der Waals surface area contributed by atoms with Crippen molar-refractivity contribution >= 4 is 29.6 Å². The number of hydrogen-bond donors (Lipinski definition) is 0. The van der Waals surface area contributed by atoms with Crippen molar-refractivity contribution < 1.29 is 22.4 Å². The second-order valence-corrected chi connectivity index (χ2v) is 8.39. The fourth-order valence-corrected chi connectivity index (χ4v) is 4.16. The smallest absolute Gasteiger partial charge is 0.302 e. The Hall–Kier alpha value is -2.07. The molecule has 2 aromatic rings. The Morgan fingerprint density at radius 3 is 2.34 bits per heavy atom. The van der Waals surface area contributed by atoms with Crippen LogP contribution in [-0.2, 0) is 18.0 Å². The van der Waals surface area contributed by atoms with Gasteiger partial charge in [-0.3, -0.25) is 9.36 Å². The predicted octanol–water partition coefficient (Wildman–Crippen LogP) is 4.05. The van der Waals surface area contributed by atoms with Gasteiger partial charge in [0.2, 0.25) is 0 Å². The fourth-order valence-electron chi connectivity index (χ4n) is 2.66. The summed E-state index contributed by atoms with van der Waals surface area (Å²) < 4.78 is 54.0. The molecule has 0 radical (unpaired) electrons. The Morgan fingerprint density at radius 2 is 1.83 bits per heavy atom. The molecule has 1 aromatic heterocycles. The van der Waals surface area contributed by atoms with E-state index in [4.69, 9.17) is 11.6 Å². The molecule has 1 heterocycles. The minimum atomic E-state index is -4.93. The number of aromatic nitrogens is 2. The van der Waals surface area contributed by atoms with Crippen LogP contribution in [-0.4, -0.2) is 20.7 Å². The first-order valence-corrected chi connectivity index (χ1v) is 9.64. The van der Waals surface area contributed by atoms with Crippen LogP contribution in [0.3, 0.4) is 0 Å². The number of aldehydes is 1. The van der Waals surface area contributed by atoms with Crippen molar-refractivity contribution in [3.63, 3.8) is 0 Å². The van der Waals surface area contributed by atoms with Gasteiger partial charge in [-0.2, -0.15) is 13.2 Å². The molecule has 158 valence electrons. The predicted molar refractivity (Wildman–Crippen MR) is 102 cm³/mol. The van der Waals surface area contributed by atoms with E-state index < -0.39 is 39.9 Å². The maximum atomic E-state index is 14.5. The second-order valence-electron chi connectivity index (χ2n) is 6.70. The van der Waals surface area contributed by atoms with E-state index in [0.717, 1.165) is 30.9 Å². The molecule has 0 aliphatic carbocycles. The molecule has 0 bridgehead atoms. The van der Waals surface area contributed by atoms with Crippen LogP contribution in [0, 0.1) is 11.7 Å². The Kier molecular flexibility index (Phi) is 7.00. The molecular formula is C18H17ClF4N2O3S. The lowest BCUT2D eigenvalue weighted by Crippen LogP contribution is -2.41. The fraction of sp³-hybridized carbons (Fsp3) is 0.389. The lowest BCUT2D eigenvalue weighted by molar-refractivity contribution is -0.144. The van der Waals surface area contributed by atoms with Gasteiger partial charge in [0.05, 0.1) is 16.0 Å². The van der Waals surface area contributed by atoms with E-state index in [-0.39, 0.29) is 26.5 Å². The quantitative estimate of drug-likeness (QED) is 0.377. The molecule has 0 saturated carbocycles. The molecule has 0 aliphatic rings. The summed E-state index contributed by atoms with van der Waals surface area (Å²) in [5.74, 6) is -0.883. The molecule has 1 aromatic carbocycles. The molecular weight excluding hydrogens is 436 g/mol. The number of carbonyl (C=O) groups excluding carboxylic acids is 1. The summed E-state index contributed by atoms with van der Waals surface area (Å²) in [6, 6.07) is 2.14. The standard InChI is InChI=1S/C18H17ClF4N2O3S/c1-9(2)4-10(8-26)29-14-6-13(12(20)5-11(14)19)25-16(27)7-15(18(21,22)23)24(3)17(25)28/h5-10H,4H2,1-3H3. The van der Waals surface area contributed by atoms with Crippen LogP contribution in [0.25, 0.3) is 5.69 Å². The molecule has 29 heavy (non-hydrogen) atoms. The summed E-state index contributed by atoms with van der Waals surface area (Å²) >= 11 is 7.04. The maximum Gasteiger partial charge on any atom is 0.431 e. The van der Waals surface area contributed by atoms with E-state index in [0.29, 0.717) is 17.3 Å². The van der Waals surface area contributed by atoms with Gasteiger partial charge in [-0.15, -0.1) is 11.8 Å². The van der Waals surface area contributed by atoms with Crippen LogP contribution in [0.2, 0.25) is 5.02 Å². The Morgan fingerprint density at radius 1 is 1.21 bits per heavy atom. The normalized spacial score (nSPS) is 13.0. The van der Waals surface area contributed by atoms with Crippen molar-refractivity contribution in [2.75, 3.05) is 0 Å². The van der Waals surface area contributed by atoms with E-state index in [1.54, 1.807) is 0 Å². The number of halogens is 5. The van der Waals surface area contributed by atoms with E-state index in [1.807, 2.05) is 13.8 Å². The van der Waals surface area contributed by atoms with Gasteiger partial charge in [0, 0.05) is 18.0 Å². The number of nitrogens with zero attached hydrogens (tertiary/aromatic N) is 2. The van der Waals surface area contributed by atoms with Gasteiger partial charge in [-0.25, -0.2) is 13.8 Å². The zero-order valence-corrected chi connectivity index (χ0v) is 17.2. The number of hydrogen-bond acceptors (Lipinski definition) is 4. The lowest BCUT2D eigenvalue weighted by Gasteiger charge is -2.17. The molecule has 0 spiro atoms. The maximum absolute atomic E-state index is 14.5. The molecule has 0 fully saturated rings. The minimum Gasteiger partial charge on any atom is -0.302 e. The third kappa shape index (κ3) is 5.11. The van der Waals surface area contributed by atoms with Crippen LogP contribution in [0.5, 0.6) is 0 Å². The highest BCUT2D eigenvalue weighted by atomic mass is 35.5. The van der Waals surface area contributed by atoms with Crippen molar-refractivity contribution in [2.24, 2.45) is 13.0 Å². The van der Waals surface area contributed by atoms with Gasteiger partial charge in [-0.1, -0.05) is 25.4 Å². The van der Waals surface area contributed by atoms with E-state index in [9.17, 15) is 31.9 Å². The lowest BCUT2D eigenvalue weighted by atomic mass is 10.1. The van der Waals surface area contributed by atoms with Crippen molar-refractivity contribution in [3.8, 4) is 5.69 Å². The molecule has 0 saturated heterocycles. The number of carbonyl (C=O) groups is 1. The summed E-state index contributed by atoms with van der Waals surface area (Å²) in [6.45, 7) is 3.81.